The normalized spacial score (nSPS) is 9.50. The molecule has 0 atom stereocenters. The molecule has 0 amide bonds. The first-order chi connectivity index (χ1) is 5.61. The fraction of sp³-hybridized carbons (Fsp3) is 0.125. The van der Waals surface area contributed by atoms with Gasteiger partial charge in [0, 0.05) is 16.3 Å². The lowest BCUT2D eigenvalue weighted by molar-refractivity contribution is 1.20. The van der Waals surface area contributed by atoms with Gasteiger partial charge in [0.25, 0.3) is 0 Å². The van der Waals surface area contributed by atoms with Crippen LogP contribution in [0.25, 0.3) is 0 Å². The summed E-state index contributed by atoms with van der Waals surface area (Å²) in [6.07, 6.45) is 0. The number of nitrogens with zero attached hydrogens (tertiary/aromatic N) is 1. The quantitative estimate of drug-likeness (QED) is 0.465. The number of anilines is 1. The van der Waals surface area contributed by atoms with Gasteiger partial charge >= 0.3 is 0 Å². The highest BCUT2D eigenvalue weighted by atomic mass is 127. The smallest absolute Gasteiger partial charge is 0.192 e. The first kappa shape index (κ1) is 9.31. The molecule has 0 bridgehead atoms. The van der Waals surface area contributed by atoms with E-state index in [-0.39, 0.29) is 5.96 Å². The fourth-order valence-corrected chi connectivity index (χ4v) is 1.16. The molecule has 0 unspecified atom stereocenters. The van der Waals surface area contributed by atoms with Crippen LogP contribution >= 0.6 is 22.6 Å². The second-order valence-electron chi connectivity index (χ2n) is 2.42. The second-order valence-corrected chi connectivity index (χ2v) is 3.67. The molecule has 3 nitrogen and oxygen atoms in total. The number of guanidine groups is 1. The molecular weight excluding hydrogens is 265 g/mol. The minimum atomic E-state index is 0.0520. The van der Waals surface area contributed by atoms with E-state index in [1.165, 1.54) is 3.57 Å². The Morgan fingerprint density at radius 3 is 2.33 bits per heavy atom. The number of hydrogen-bond acceptors (Lipinski definition) is 1. The molecule has 0 aliphatic rings. The summed E-state index contributed by atoms with van der Waals surface area (Å²) in [7, 11) is 1.77. The lowest BCUT2D eigenvalue weighted by Gasteiger charge is -2.16. The van der Waals surface area contributed by atoms with Crippen molar-refractivity contribution in [3.63, 3.8) is 0 Å². The molecule has 0 fully saturated rings. The minimum absolute atomic E-state index is 0.0520. The molecule has 0 aliphatic carbocycles. The van der Waals surface area contributed by atoms with E-state index in [1.54, 1.807) is 11.9 Å². The van der Waals surface area contributed by atoms with Crippen LogP contribution < -0.4 is 10.6 Å². The van der Waals surface area contributed by atoms with E-state index < -0.39 is 0 Å². The van der Waals surface area contributed by atoms with E-state index in [2.05, 4.69) is 22.6 Å². The number of halogens is 1. The van der Waals surface area contributed by atoms with Gasteiger partial charge in [0.05, 0.1) is 0 Å². The third-order valence-electron chi connectivity index (χ3n) is 1.58. The van der Waals surface area contributed by atoms with Crippen LogP contribution in [-0.4, -0.2) is 13.0 Å². The van der Waals surface area contributed by atoms with Crippen molar-refractivity contribution >= 4 is 34.2 Å². The van der Waals surface area contributed by atoms with Crippen molar-refractivity contribution in [1.29, 1.82) is 5.41 Å². The van der Waals surface area contributed by atoms with Crippen LogP contribution in [0.5, 0.6) is 0 Å². The van der Waals surface area contributed by atoms with E-state index in [9.17, 15) is 0 Å². The van der Waals surface area contributed by atoms with E-state index in [1.807, 2.05) is 24.3 Å². The summed E-state index contributed by atoms with van der Waals surface area (Å²) in [5, 5.41) is 7.19. The van der Waals surface area contributed by atoms with Gasteiger partial charge in [-0.05, 0) is 46.9 Å². The Morgan fingerprint density at radius 1 is 1.42 bits per heavy atom. The van der Waals surface area contributed by atoms with Gasteiger partial charge in [-0.3, -0.25) is 5.41 Å². The van der Waals surface area contributed by atoms with E-state index in [4.69, 9.17) is 11.1 Å². The molecule has 0 radical (unpaired) electrons. The topological polar surface area (TPSA) is 53.1 Å². The van der Waals surface area contributed by atoms with Crippen LogP contribution in [-0.2, 0) is 0 Å². The van der Waals surface area contributed by atoms with Crippen molar-refractivity contribution < 1.29 is 0 Å². The summed E-state index contributed by atoms with van der Waals surface area (Å²) in [6, 6.07) is 7.83. The maximum absolute atomic E-state index is 7.19. The van der Waals surface area contributed by atoms with Crippen molar-refractivity contribution in [2.24, 2.45) is 5.73 Å². The van der Waals surface area contributed by atoms with E-state index >= 15 is 0 Å². The minimum Gasteiger partial charge on any atom is -0.370 e. The fourth-order valence-electron chi connectivity index (χ4n) is 0.804. The van der Waals surface area contributed by atoms with Gasteiger partial charge in [0.2, 0.25) is 0 Å². The number of rotatable bonds is 1. The Balaban J connectivity index is 2.89. The zero-order valence-electron chi connectivity index (χ0n) is 6.71. The molecule has 0 heterocycles. The van der Waals surface area contributed by atoms with Crippen LogP contribution in [0.15, 0.2) is 24.3 Å². The zero-order chi connectivity index (χ0) is 9.14. The van der Waals surface area contributed by atoms with Gasteiger partial charge in [-0.2, -0.15) is 0 Å². The van der Waals surface area contributed by atoms with Gasteiger partial charge in [0.15, 0.2) is 5.96 Å². The lowest BCUT2D eigenvalue weighted by Crippen LogP contribution is -2.32. The number of benzene rings is 1. The molecule has 12 heavy (non-hydrogen) atoms. The van der Waals surface area contributed by atoms with Crippen molar-refractivity contribution in [3.8, 4) is 0 Å². The van der Waals surface area contributed by atoms with Crippen molar-refractivity contribution in [1.82, 2.24) is 0 Å². The summed E-state index contributed by atoms with van der Waals surface area (Å²) < 4.78 is 1.17. The summed E-state index contributed by atoms with van der Waals surface area (Å²) >= 11 is 2.23. The average molecular weight is 275 g/mol. The lowest BCUT2D eigenvalue weighted by atomic mass is 10.3. The van der Waals surface area contributed by atoms with E-state index in [0.29, 0.717) is 0 Å². The molecular formula is C8H10IN3. The Bertz CT molecular complexity index is 281. The second kappa shape index (κ2) is 3.75. The molecule has 0 saturated carbocycles. The summed E-state index contributed by atoms with van der Waals surface area (Å²) in [4.78, 5) is 1.62. The largest absolute Gasteiger partial charge is 0.370 e. The molecule has 64 valence electrons. The predicted molar refractivity (Wildman–Crippen MR) is 59.5 cm³/mol. The first-order valence-corrected chi connectivity index (χ1v) is 4.52. The van der Waals surface area contributed by atoms with Crippen molar-refractivity contribution in [2.45, 2.75) is 0 Å². The SMILES string of the molecule is CN(C(=N)N)c1ccc(I)cc1. The van der Waals surface area contributed by atoms with Crippen LogP contribution in [0.4, 0.5) is 5.69 Å². The van der Waals surface area contributed by atoms with Crippen LogP contribution in [0.3, 0.4) is 0 Å². The Labute approximate surface area is 85.2 Å². The summed E-state index contributed by atoms with van der Waals surface area (Å²) in [6.45, 7) is 0. The molecule has 0 aliphatic heterocycles. The molecule has 1 rings (SSSR count). The third-order valence-corrected chi connectivity index (χ3v) is 2.29. The van der Waals surface area contributed by atoms with Crippen LogP contribution in [0.1, 0.15) is 0 Å². The van der Waals surface area contributed by atoms with E-state index in [0.717, 1.165) is 5.69 Å². The molecule has 1 aromatic rings. The van der Waals surface area contributed by atoms with Gasteiger partial charge in [0.1, 0.15) is 0 Å². The highest BCUT2D eigenvalue weighted by molar-refractivity contribution is 14.1. The Hall–Kier alpha value is -0.780. The molecule has 0 spiro atoms. The zero-order valence-corrected chi connectivity index (χ0v) is 8.87. The molecule has 0 aromatic heterocycles. The number of nitrogens with two attached hydrogens (primary N) is 1. The number of hydrogen-bond donors (Lipinski definition) is 2. The van der Waals surface area contributed by atoms with Gasteiger partial charge in [-0.1, -0.05) is 0 Å². The molecule has 4 heteroatoms. The monoisotopic (exact) mass is 275 g/mol. The average Bonchev–Trinajstić information content (AvgIpc) is 2.04. The van der Waals surface area contributed by atoms with Gasteiger partial charge in [-0.15, -0.1) is 0 Å². The maximum Gasteiger partial charge on any atom is 0.192 e. The standard InChI is InChI=1S/C8H10IN3/c1-12(8(10)11)7-4-2-6(9)3-5-7/h2-5H,1H3,(H3,10,11). The maximum atomic E-state index is 7.19. The van der Waals surface area contributed by atoms with Crippen molar-refractivity contribution in [3.05, 3.63) is 27.8 Å². The third kappa shape index (κ3) is 2.10. The summed E-state index contributed by atoms with van der Waals surface area (Å²) in [5.41, 5.74) is 6.25. The highest BCUT2D eigenvalue weighted by Crippen LogP contribution is 2.14. The molecule has 3 N–H and O–H groups in total. The number of nitrogens with one attached hydrogen (secondary N) is 1. The molecule has 0 saturated heterocycles. The highest BCUT2D eigenvalue weighted by Gasteiger charge is 2.01. The van der Waals surface area contributed by atoms with Gasteiger partial charge < -0.3 is 10.6 Å². The Morgan fingerprint density at radius 2 is 1.92 bits per heavy atom. The van der Waals surface area contributed by atoms with Crippen molar-refractivity contribution in [2.75, 3.05) is 11.9 Å². The predicted octanol–water partition coefficient (Wildman–Crippen LogP) is 1.62. The summed E-state index contributed by atoms with van der Waals surface area (Å²) in [5.74, 6) is 0.0520. The first-order valence-electron chi connectivity index (χ1n) is 3.44. The molecule has 1 aromatic carbocycles. The van der Waals surface area contributed by atoms with Crippen LogP contribution in [0.2, 0.25) is 0 Å². The Kier molecular flexibility index (Phi) is 2.91. The van der Waals surface area contributed by atoms with Gasteiger partial charge in [-0.25, -0.2) is 0 Å². The van der Waals surface area contributed by atoms with Crippen LogP contribution in [0, 0.1) is 8.98 Å².